The molecule has 0 fully saturated rings. The SMILES string of the molecule is CC(C)Oc1cccc2c1OC(CO)CC2. The fourth-order valence-corrected chi connectivity index (χ4v) is 1.91. The fourth-order valence-electron chi connectivity index (χ4n) is 1.91. The van der Waals surface area contributed by atoms with Gasteiger partial charge in [-0.1, -0.05) is 12.1 Å². The predicted molar refractivity (Wildman–Crippen MR) is 62.0 cm³/mol. The van der Waals surface area contributed by atoms with Gasteiger partial charge in [0, 0.05) is 0 Å². The third-order valence-corrected chi connectivity index (χ3v) is 2.65. The molecule has 2 rings (SSSR count). The first kappa shape index (κ1) is 11.3. The maximum absolute atomic E-state index is 9.12. The Bertz CT molecular complexity index is 360. The summed E-state index contributed by atoms with van der Waals surface area (Å²) < 4.78 is 11.4. The topological polar surface area (TPSA) is 38.7 Å². The first-order valence-electron chi connectivity index (χ1n) is 5.76. The number of aliphatic hydroxyl groups is 1. The van der Waals surface area contributed by atoms with Crippen LogP contribution >= 0.6 is 0 Å². The minimum absolute atomic E-state index is 0.0649. The van der Waals surface area contributed by atoms with E-state index in [-0.39, 0.29) is 18.8 Å². The van der Waals surface area contributed by atoms with Crippen LogP contribution in [0, 0.1) is 0 Å². The van der Waals surface area contributed by atoms with Crippen molar-refractivity contribution in [1.29, 1.82) is 0 Å². The normalized spacial score (nSPS) is 19.1. The number of rotatable bonds is 3. The van der Waals surface area contributed by atoms with Crippen molar-refractivity contribution in [2.24, 2.45) is 0 Å². The maximum atomic E-state index is 9.12. The summed E-state index contributed by atoms with van der Waals surface area (Å²) >= 11 is 0. The molecule has 0 aliphatic carbocycles. The molecule has 1 heterocycles. The van der Waals surface area contributed by atoms with E-state index in [9.17, 15) is 0 Å². The van der Waals surface area contributed by atoms with Crippen molar-refractivity contribution in [2.75, 3.05) is 6.61 Å². The Hall–Kier alpha value is -1.22. The summed E-state index contributed by atoms with van der Waals surface area (Å²) in [6.45, 7) is 4.05. The van der Waals surface area contributed by atoms with Crippen LogP contribution < -0.4 is 9.47 Å². The second-order valence-corrected chi connectivity index (χ2v) is 4.37. The summed E-state index contributed by atoms with van der Waals surface area (Å²) in [5.74, 6) is 1.59. The van der Waals surface area contributed by atoms with Crippen LogP contribution in [0.25, 0.3) is 0 Å². The van der Waals surface area contributed by atoms with Gasteiger partial charge >= 0.3 is 0 Å². The van der Waals surface area contributed by atoms with Gasteiger partial charge in [0.05, 0.1) is 12.7 Å². The summed E-state index contributed by atoms with van der Waals surface area (Å²) in [5.41, 5.74) is 1.17. The van der Waals surface area contributed by atoms with Gasteiger partial charge in [0.1, 0.15) is 6.10 Å². The average Bonchev–Trinajstić information content (AvgIpc) is 2.28. The van der Waals surface area contributed by atoms with Crippen molar-refractivity contribution in [2.45, 2.75) is 38.9 Å². The lowest BCUT2D eigenvalue weighted by molar-refractivity contribution is 0.0913. The van der Waals surface area contributed by atoms with E-state index in [0.717, 1.165) is 24.3 Å². The molecule has 1 aliphatic heterocycles. The van der Waals surface area contributed by atoms with Crippen molar-refractivity contribution in [3.63, 3.8) is 0 Å². The highest BCUT2D eigenvalue weighted by molar-refractivity contribution is 5.48. The van der Waals surface area contributed by atoms with Gasteiger partial charge in [0.15, 0.2) is 11.5 Å². The Morgan fingerprint density at radius 2 is 2.31 bits per heavy atom. The minimum atomic E-state index is -0.0931. The molecule has 1 N–H and O–H groups in total. The van der Waals surface area contributed by atoms with Crippen LogP contribution in [-0.4, -0.2) is 23.9 Å². The highest BCUT2D eigenvalue weighted by Crippen LogP contribution is 2.36. The van der Waals surface area contributed by atoms with Crippen LogP contribution in [-0.2, 0) is 6.42 Å². The summed E-state index contributed by atoms with van der Waals surface area (Å²) in [7, 11) is 0. The van der Waals surface area contributed by atoms with Crippen molar-refractivity contribution in [3.05, 3.63) is 23.8 Å². The van der Waals surface area contributed by atoms with E-state index in [4.69, 9.17) is 14.6 Å². The van der Waals surface area contributed by atoms with Gasteiger partial charge in [0.25, 0.3) is 0 Å². The van der Waals surface area contributed by atoms with Crippen LogP contribution in [0.5, 0.6) is 11.5 Å². The van der Waals surface area contributed by atoms with Gasteiger partial charge in [-0.05, 0) is 38.3 Å². The highest BCUT2D eigenvalue weighted by Gasteiger charge is 2.22. The second kappa shape index (κ2) is 4.74. The molecule has 0 aromatic heterocycles. The van der Waals surface area contributed by atoms with Crippen LogP contribution in [0.15, 0.2) is 18.2 Å². The Morgan fingerprint density at radius 1 is 1.50 bits per heavy atom. The molecule has 1 aliphatic rings. The quantitative estimate of drug-likeness (QED) is 0.851. The lowest BCUT2D eigenvalue weighted by atomic mass is 10.0. The predicted octanol–water partition coefficient (Wildman–Crippen LogP) is 2.16. The second-order valence-electron chi connectivity index (χ2n) is 4.37. The standard InChI is InChI=1S/C13H18O3/c1-9(2)15-12-5-3-4-10-6-7-11(8-14)16-13(10)12/h3-5,9,11,14H,6-8H2,1-2H3. The third-order valence-electron chi connectivity index (χ3n) is 2.65. The molecule has 1 aromatic rings. The number of hydrogen-bond acceptors (Lipinski definition) is 3. The smallest absolute Gasteiger partial charge is 0.164 e. The lowest BCUT2D eigenvalue weighted by Crippen LogP contribution is -2.26. The lowest BCUT2D eigenvalue weighted by Gasteiger charge is -2.27. The van der Waals surface area contributed by atoms with Crippen LogP contribution in [0.4, 0.5) is 0 Å². The van der Waals surface area contributed by atoms with Gasteiger partial charge in [-0.25, -0.2) is 0 Å². The molecular formula is C13H18O3. The monoisotopic (exact) mass is 222 g/mol. The van der Waals surface area contributed by atoms with Crippen LogP contribution in [0.3, 0.4) is 0 Å². The molecule has 16 heavy (non-hydrogen) atoms. The van der Waals surface area contributed by atoms with E-state index in [1.165, 1.54) is 5.56 Å². The summed E-state index contributed by atoms with van der Waals surface area (Å²) in [5, 5.41) is 9.12. The first-order chi connectivity index (χ1) is 7.70. The van der Waals surface area contributed by atoms with Crippen molar-refractivity contribution >= 4 is 0 Å². The molecule has 1 aromatic carbocycles. The van der Waals surface area contributed by atoms with Gasteiger partial charge in [-0.2, -0.15) is 0 Å². The molecule has 3 heteroatoms. The number of fused-ring (bicyclic) bond motifs is 1. The van der Waals surface area contributed by atoms with E-state index in [1.54, 1.807) is 0 Å². The number of hydrogen-bond donors (Lipinski definition) is 1. The Morgan fingerprint density at radius 3 is 3.00 bits per heavy atom. The molecule has 0 spiro atoms. The molecule has 3 nitrogen and oxygen atoms in total. The van der Waals surface area contributed by atoms with E-state index >= 15 is 0 Å². The van der Waals surface area contributed by atoms with E-state index < -0.39 is 0 Å². The molecule has 0 saturated heterocycles. The average molecular weight is 222 g/mol. The molecule has 0 saturated carbocycles. The van der Waals surface area contributed by atoms with Gasteiger partial charge < -0.3 is 14.6 Å². The van der Waals surface area contributed by atoms with Crippen LogP contribution in [0.1, 0.15) is 25.8 Å². The Balaban J connectivity index is 2.27. The molecule has 0 bridgehead atoms. The van der Waals surface area contributed by atoms with Gasteiger partial charge in [0.2, 0.25) is 0 Å². The van der Waals surface area contributed by atoms with Crippen molar-refractivity contribution in [3.8, 4) is 11.5 Å². The molecule has 0 radical (unpaired) electrons. The maximum Gasteiger partial charge on any atom is 0.164 e. The van der Waals surface area contributed by atoms with E-state index in [0.29, 0.717) is 0 Å². The van der Waals surface area contributed by atoms with Crippen molar-refractivity contribution < 1.29 is 14.6 Å². The van der Waals surface area contributed by atoms with Crippen molar-refractivity contribution in [1.82, 2.24) is 0 Å². The van der Waals surface area contributed by atoms with E-state index in [2.05, 4.69) is 6.07 Å². The fraction of sp³-hybridized carbons (Fsp3) is 0.538. The summed E-state index contributed by atoms with van der Waals surface area (Å²) in [6, 6.07) is 5.95. The number of ether oxygens (including phenoxy) is 2. The zero-order valence-electron chi connectivity index (χ0n) is 9.77. The molecule has 88 valence electrons. The zero-order valence-corrected chi connectivity index (χ0v) is 9.77. The molecule has 0 amide bonds. The molecule has 1 atom stereocenters. The number of benzene rings is 1. The minimum Gasteiger partial charge on any atom is -0.487 e. The Labute approximate surface area is 96.0 Å². The first-order valence-corrected chi connectivity index (χ1v) is 5.76. The summed E-state index contributed by atoms with van der Waals surface area (Å²) in [6.07, 6.45) is 1.85. The number of aryl methyl sites for hydroxylation is 1. The van der Waals surface area contributed by atoms with Gasteiger partial charge in [-0.3, -0.25) is 0 Å². The zero-order chi connectivity index (χ0) is 11.5. The Kier molecular flexibility index (Phi) is 3.34. The largest absolute Gasteiger partial charge is 0.487 e. The molecular weight excluding hydrogens is 204 g/mol. The number of aliphatic hydroxyl groups excluding tert-OH is 1. The number of para-hydroxylation sites is 1. The molecule has 1 unspecified atom stereocenters. The summed E-state index contributed by atoms with van der Waals surface area (Å²) in [4.78, 5) is 0. The highest BCUT2D eigenvalue weighted by atomic mass is 16.5. The van der Waals surface area contributed by atoms with Crippen LogP contribution in [0.2, 0.25) is 0 Å². The van der Waals surface area contributed by atoms with E-state index in [1.807, 2.05) is 26.0 Å². The third kappa shape index (κ3) is 2.30. The van der Waals surface area contributed by atoms with Gasteiger partial charge in [-0.15, -0.1) is 0 Å².